The van der Waals surface area contributed by atoms with Gasteiger partial charge in [0.2, 0.25) is 0 Å². The van der Waals surface area contributed by atoms with E-state index < -0.39 is 0 Å². The molecule has 2 rings (SSSR count). The molecule has 23 heavy (non-hydrogen) atoms. The van der Waals surface area contributed by atoms with Crippen molar-refractivity contribution in [3.8, 4) is 5.75 Å². The minimum Gasteiger partial charge on any atom is -0.407 e. The highest BCUT2D eigenvalue weighted by atomic mass is 31.1. The molecule has 1 aliphatic carbocycles. The van der Waals surface area contributed by atoms with Crippen molar-refractivity contribution in [1.82, 2.24) is 0 Å². The van der Waals surface area contributed by atoms with Gasteiger partial charge >= 0.3 is 8.69 Å². The lowest BCUT2D eigenvalue weighted by atomic mass is 9.74. The quantitative estimate of drug-likeness (QED) is 0.607. The molecule has 0 saturated carbocycles. The Bertz CT molecular complexity index is 673. The van der Waals surface area contributed by atoms with E-state index in [0.717, 1.165) is 12.0 Å². The summed E-state index contributed by atoms with van der Waals surface area (Å²) in [4.78, 5) is 0. The van der Waals surface area contributed by atoms with E-state index in [2.05, 4.69) is 77.1 Å². The van der Waals surface area contributed by atoms with Gasteiger partial charge in [0.1, 0.15) is 5.75 Å². The lowest BCUT2D eigenvalue weighted by Gasteiger charge is -2.31. The Balaban J connectivity index is 2.50. The van der Waals surface area contributed by atoms with Gasteiger partial charge in [-0.05, 0) is 23.5 Å². The van der Waals surface area contributed by atoms with Crippen LogP contribution in [0.3, 0.4) is 0 Å². The molecule has 3 heteroatoms. The molecule has 0 radical (unpaired) electrons. The number of hydrogen-bond acceptors (Lipinski definition) is 2. The molecular weight excluding hydrogens is 303 g/mol. The molecule has 1 aromatic carbocycles. The first-order chi connectivity index (χ1) is 10.8. The van der Waals surface area contributed by atoms with Crippen LogP contribution in [0.4, 0.5) is 0 Å². The molecule has 0 unspecified atom stereocenters. The second-order valence-corrected chi connectivity index (χ2v) is 7.79. The van der Waals surface area contributed by atoms with Crippen LogP contribution in [0.25, 0.3) is 0 Å². The van der Waals surface area contributed by atoms with Gasteiger partial charge in [0, 0.05) is 11.0 Å². The normalized spacial score (nSPS) is 15.4. The Kier molecular flexibility index (Phi) is 5.26. The van der Waals surface area contributed by atoms with Crippen molar-refractivity contribution in [3.05, 3.63) is 65.3 Å². The summed E-state index contributed by atoms with van der Waals surface area (Å²) >= 11 is 0. The molecule has 1 aromatic rings. The molecule has 0 aromatic heterocycles. The maximum Gasteiger partial charge on any atom is 0.395 e. The van der Waals surface area contributed by atoms with Crippen LogP contribution in [0, 0.1) is 0 Å². The van der Waals surface area contributed by atoms with Crippen molar-refractivity contribution in [2.45, 2.75) is 51.9 Å². The summed E-state index contributed by atoms with van der Waals surface area (Å²) in [6, 6.07) is 6.21. The zero-order valence-electron chi connectivity index (χ0n) is 14.6. The number of hydrogen-bond donors (Lipinski definition) is 0. The van der Waals surface area contributed by atoms with Gasteiger partial charge in [0.05, 0.1) is 0 Å². The average Bonchev–Trinajstić information content (AvgIpc) is 2.76. The SMILES string of the molecule is CC(C)(C)c1cc(C(C)(C)C2=CC=CC=CC2)ccc1OP=O. The third-order valence-corrected chi connectivity index (χ3v) is 4.71. The Labute approximate surface area is 141 Å². The van der Waals surface area contributed by atoms with Crippen LogP contribution in [0.1, 0.15) is 52.2 Å². The molecule has 0 fully saturated rings. The second kappa shape index (κ2) is 6.84. The van der Waals surface area contributed by atoms with Crippen LogP contribution < -0.4 is 4.52 Å². The molecule has 0 saturated heterocycles. The van der Waals surface area contributed by atoms with Gasteiger partial charge < -0.3 is 4.52 Å². The van der Waals surface area contributed by atoms with E-state index in [1.165, 1.54) is 11.1 Å². The number of benzene rings is 1. The first-order valence-corrected chi connectivity index (χ1v) is 8.67. The lowest BCUT2D eigenvalue weighted by Crippen LogP contribution is -2.22. The van der Waals surface area contributed by atoms with E-state index in [1.54, 1.807) is 0 Å². The molecule has 0 bridgehead atoms. The zero-order valence-corrected chi connectivity index (χ0v) is 15.5. The number of rotatable bonds is 4. The fourth-order valence-corrected chi connectivity index (χ4v) is 3.09. The lowest BCUT2D eigenvalue weighted by molar-refractivity contribution is 0.500. The highest BCUT2D eigenvalue weighted by Crippen LogP contribution is 2.40. The van der Waals surface area contributed by atoms with Gasteiger partial charge in [-0.15, -0.1) is 0 Å². The van der Waals surface area contributed by atoms with Crippen molar-refractivity contribution >= 4 is 8.69 Å². The Morgan fingerprint density at radius 2 is 1.78 bits per heavy atom. The van der Waals surface area contributed by atoms with Gasteiger partial charge in [0.15, 0.2) is 0 Å². The molecule has 2 nitrogen and oxygen atoms in total. The van der Waals surface area contributed by atoms with Crippen molar-refractivity contribution in [2.24, 2.45) is 0 Å². The van der Waals surface area contributed by atoms with Crippen molar-refractivity contribution in [2.75, 3.05) is 0 Å². The number of allylic oxidation sites excluding steroid dienone is 6. The Morgan fingerprint density at radius 3 is 2.43 bits per heavy atom. The minimum absolute atomic E-state index is 0.0767. The van der Waals surface area contributed by atoms with Crippen LogP contribution in [0.15, 0.2) is 54.2 Å². The molecule has 0 heterocycles. The van der Waals surface area contributed by atoms with Crippen molar-refractivity contribution < 1.29 is 9.09 Å². The second-order valence-electron chi connectivity index (χ2n) is 7.46. The van der Waals surface area contributed by atoms with Gasteiger partial charge in [0.25, 0.3) is 0 Å². The summed E-state index contributed by atoms with van der Waals surface area (Å²) < 4.78 is 16.1. The fourth-order valence-electron chi connectivity index (χ4n) is 2.85. The van der Waals surface area contributed by atoms with E-state index in [-0.39, 0.29) is 19.5 Å². The Morgan fingerprint density at radius 1 is 1.04 bits per heavy atom. The van der Waals surface area contributed by atoms with Crippen LogP contribution >= 0.6 is 8.69 Å². The largest absolute Gasteiger partial charge is 0.407 e. The average molecular weight is 328 g/mol. The predicted octanol–water partition coefficient (Wildman–Crippen LogP) is 6.29. The van der Waals surface area contributed by atoms with Crippen LogP contribution in [0.2, 0.25) is 0 Å². The smallest absolute Gasteiger partial charge is 0.395 e. The van der Waals surface area contributed by atoms with Gasteiger partial charge in [-0.1, -0.05) is 82.7 Å². The highest BCUT2D eigenvalue weighted by Gasteiger charge is 2.28. The maximum absolute atomic E-state index is 10.9. The summed E-state index contributed by atoms with van der Waals surface area (Å²) in [5.41, 5.74) is 3.54. The topological polar surface area (TPSA) is 26.3 Å². The molecule has 0 aliphatic heterocycles. The fraction of sp³-hybridized carbons (Fsp3) is 0.400. The monoisotopic (exact) mass is 328 g/mol. The first kappa shape index (κ1) is 17.7. The molecule has 122 valence electrons. The van der Waals surface area contributed by atoms with Crippen LogP contribution in [0.5, 0.6) is 5.75 Å². The summed E-state index contributed by atoms with van der Waals surface area (Å²) in [5.74, 6) is 0.684. The van der Waals surface area contributed by atoms with E-state index in [0.29, 0.717) is 5.75 Å². The standard InChI is InChI=1S/C20H25O2P/c1-19(2,3)17-14-16(12-13-18(17)22-23-21)20(4,5)15-10-8-6-7-9-11-15/h6-10,12-14H,11H2,1-5H3. The van der Waals surface area contributed by atoms with Crippen molar-refractivity contribution in [1.29, 1.82) is 0 Å². The predicted molar refractivity (Wildman–Crippen MR) is 97.4 cm³/mol. The third kappa shape index (κ3) is 4.00. The zero-order chi connectivity index (χ0) is 17.1. The van der Waals surface area contributed by atoms with E-state index in [9.17, 15) is 4.57 Å². The van der Waals surface area contributed by atoms with E-state index in [1.807, 2.05) is 6.07 Å². The van der Waals surface area contributed by atoms with Gasteiger partial charge in [-0.3, -0.25) is 0 Å². The van der Waals surface area contributed by atoms with Gasteiger partial charge in [-0.2, -0.15) is 0 Å². The van der Waals surface area contributed by atoms with Gasteiger partial charge in [-0.25, -0.2) is 4.57 Å². The van der Waals surface area contributed by atoms with E-state index >= 15 is 0 Å². The molecule has 0 N–H and O–H groups in total. The molecular formula is C20H25O2P. The first-order valence-electron chi connectivity index (χ1n) is 7.94. The summed E-state index contributed by atoms with van der Waals surface area (Å²) in [7, 11) is -0.316. The maximum atomic E-state index is 10.9. The summed E-state index contributed by atoms with van der Waals surface area (Å²) in [6.45, 7) is 10.9. The summed E-state index contributed by atoms with van der Waals surface area (Å²) in [6.07, 6.45) is 11.6. The van der Waals surface area contributed by atoms with Crippen LogP contribution in [-0.2, 0) is 15.4 Å². The Hall–Kier alpha value is -1.66. The highest BCUT2D eigenvalue weighted by molar-refractivity contribution is 7.17. The molecule has 1 aliphatic rings. The summed E-state index contributed by atoms with van der Waals surface area (Å²) in [5, 5.41) is 0. The molecule has 0 spiro atoms. The third-order valence-electron chi connectivity index (χ3n) is 4.44. The minimum atomic E-state index is -0.316. The van der Waals surface area contributed by atoms with Crippen molar-refractivity contribution in [3.63, 3.8) is 0 Å². The van der Waals surface area contributed by atoms with Crippen LogP contribution in [-0.4, -0.2) is 0 Å². The van der Waals surface area contributed by atoms with E-state index in [4.69, 9.17) is 4.52 Å². The molecule has 0 amide bonds. The molecule has 0 atom stereocenters.